The molecule has 0 amide bonds. The van der Waals surface area contributed by atoms with Gasteiger partial charge in [-0.1, -0.05) is 45.0 Å². The number of aromatic nitrogens is 1. The second-order valence-corrected chi connectivity index (χ2v) is 8.78. The highest BCUT2D eigenvalue weighted by molar-refractivity contribution is 5.75. The van der Waals surface area contributed by atoms with Crippen molar-refractivity contribution in [3.8, 4) is 11.5 Å². The highest BCUT2D eigenvalue weighted by Crippen LogP contribution is 2.33. The van der Waals surface area contributed by atoms with E-state index in [1.165, 1.54) is 6.07 Å². The number of fused-ring (bicyclic) bond motifs is 1. The molecule has 7 heteroatoms. The monoisotopic (exact) mass is 431 g/mol. The van der Waals surface area contributed by atoms with E-state index in [9.17, 15) is 10.1 Å². The molecule has 0 bridgehead atoms. The molecule has 0 atom stereocenters. The first kappa shape index (κ1) is 21.4. The number of ether oxygens (including phenoxy) is 1. The number of benzene rings is 3. The summed E-state index contributed by atoms with van der Waals surface area (Å²) in [5.74, 6) is 0.744. The van der Waals surface area contributed by atoms with Crippen LogP contribution in [-0.4, -0.2) is 9.91 Å². The van der Waals surface area contributed by atoms with E-state index in [4.69, 9.17) is 9.15 Å². The molecule has 0 radical (unpaired) electrons. The van der Waals surface area contributed by atoms with E-state index in [0.29, 0.717) is 29.5 Å². The maximum Gasteiger partial charge on any atom is 0.311 e. The smallest absolute Gasteiger partial charge is 0.311 e. The number of aryl methyl sites for hydroxylation is 1. The summed E-state index contributed by atoms with van der Waals surface area (Å²) >= 11 is 0. The van der Waals surface area contributed by atoms with Crippen molar-refractivity contribution in [2.24, 2.45) is 0 Å². The van der Waals surface area contributed by atoms with Crippen LogP contribution in [0.5, 0.6) is 11.5 Å². The lowest BCUT2D eigenvalue weighted by Crippen LogP contribution is -2.10. The zero-order valence-electron chi connectivity index (χ0n) is 18.5. The molecule has 0 fully saturated rings. The average Bonchev–Trinajstić information content (AvgIpc) is 3.14. The Morgan fingerprint density at radius 3 is 2.50 bits per heavy atom. The molecule has 164 valence electrons. The molecular weight excluding hydrogens is 406 g/mol. The van der Waals surface area contributed by atoms with Crippen molar-refractivity contribution in [1.29, 1.82) is 0 Å². The fourth-order valence-corrected chi connectivity index (χ4v) is 3.34. The van der Waals surface area contributed by atoms with Gasteiger partial charge in [0.25, 0.3) is 6.01 Å². The Morgan fingerprint density at radius 1 is 1.06 bits per heavy atom. The van der Waals surface area contributed by atoms with E-state index in [2.05, 4.69) is 31.1 Å². The van der Waals surface area contributed by atoms with Crippen LogP contribution in [0.15, 0.2) is 65.1 Å². The number of rotatable bonds is 6. The van der Waals surface area contributed by atoms with Gasteiger partial charge in [0.2, 0.25) is 5.75 Å². The predicted molar refractivity (Wildman–Crippen MR) is 124 cm³/mol. The van der Waals surface area contributed by atoms with Gasteiger partial charge >= 0.3 is 5.69 Å². The van der Waals surface area contributed by atoms with Crippen molar-refractivity contribution >= 4 is 22.8 Å². The van der Waals surface area contributed by atoms with Crippen LogP contribution >= 0.6 is 0 Å². The van der Waals surface area contributed by atoms with Gasteiger partial charge in [-0.05, 0) is 59.4 Å². The van der Waals surface area contributed by atoms with Crippen molar-refractivity contribution in [2.45, 2.75) is 39.7 Å². The second-order valence-electron chi connectivity index (χ2n) is 8.78. The van der Waals surface area contributed by atoms with Gasteiger partial charge in [-0.25, -0.2) is 0 Å². The summed E-state index contributed by atoms with van der Waals surface area (Å²) in [5.41, 5.74) is 4.33. The molecular formula is C25H25N3O4. The number of nitro groups is 1. The summed E-state index contributed by atoms with van der Waals surface area (Å²) in [6.07, 6.45) is 0. The summed E-state index contributed by atoms with van der Waals surface area (Å²) < 4.78 is 11.5. The van der Waals surface area contributed by atoms with Crippen LogP contribution in [0.4, 0.5) is 11.7 Å². The van der Waals surface area contributed by atoms with Gasteiger partial charge < -0.3 is 14.5 Å². The number of anilines is 1. The quantitative estimate of drug-likeness (QED) is 0.268. The van der Waals surface area contributed by atoms with Crippen molar-refractivity contribution in [3.05, 3.63) is 87.5 Å². The Kier molecular flexibility index (Phi) is 5.57. The molecule has 1 heterocycles. The van der Waals surface area contributed by atoms with E-state index >= 15 is 0 Å². The van der Waals surface area contributed by atoms with Gasteiger partial charge in [-0.15, -0.1) is 0 Å². The Morgan fingerprint density at radius 2 is 1.81 bits per heavy atom. The Bertz CT molecular complexity index is 1270. The molecule has 0 spiro atoms. The number of hydrogen-bond acceptors (Lipinski definition) is 6. The van der Waals surface area contributed by atoms with Crippen molar-refractivity contribution in [2.75, 3.05) is 5.32 Å². The first-order chi connectivity index (χ1) is 15.2. The molecule has 0 aliphatic rings. The maximum atomic E-state index is 11.6. The molecule has 1 N–H and O–H groups in total. The summed E-state index contributed by atoms with van der Waals surface area (Å²) in [6.45, 7) is 8.69. The highest BCUT2D eigenvalue weighted by Gasteiger charge is 2.18. The summed E-state index contributed by atoms with van der Waals surface area (Å²) in [6, 6.07) is 18.6. The van der Waals surface area contributed by atoms with Gasteiger partial charge in [0.1, 0.15) is 11.3 Å². The molecule has 0 aliphatic heterocycles. The van der Waals surface area contributed by atoms with Gasteiger partial charge in [-0.3, -0.25) is 10.1 Å². The molecule has 0 saturated heterocycles. The molecule has 0 unspecified atom stereocenters. The van der Waals surface area contributed by atoms with E-state index in [1.807, 2.05) is 49.4 Å². The molecule has 1 aromatic heterocycles. The van der Waals surface area contributed by atoms with Crippen LogP contribution in [0, 0.1) is 17.0 Å². The fourth-order valence-electron chi connectivity index (χ4n) is 3.34. The van der Waals surface area contributed by atoms with Gasteiger partial charge in [0.15, 0.2) is 5.58 Å². The minimum atomic E-state index is -0.440. The molecule has 0 saturated carbocycles. The van der Waals surface area contributed by atoms with Gasteiger partial charge in [0.05, 0.1) is 4.92 Å². The molecule has 4 rings (SSSR count). The van der Waals surface area contributed by atoms with Crippen molar-refractivity contribution in [1.82, 2.24) is 4.98 Å². The number of hydrogen-bond donors (Lipinski definition) is 1. The van der Waals surface area contributed by atoms with Crippen LogP contribution < -0.4 is 10.1 Å². The van der Waals surface area contributed by atoms with Gasteiger partial charge in [-0.2, -0.15) is 4.98 Å². The number of nitrogens with one attached hydrogen (secondary N) is 1. The lowest BCUT2D eigenvalue weighted by Gasteiger charge is -2.19. The molecule has 4 aromatic rings. The Balaban J connectivity index is 1.50. The normalized spacial score (nSPS) is 11.5. The third-order valence-corrected chi connectivity index (χ3v) is 5.16. The standard InChI is InChI=1S/C25H25N3O4/c1-16-5-11-20-23(13-16)32-24(27-20)26-15-17-6-12-22(21(14-17)28(29)30)31-19-9-7-18(8-10-19)25(2,3)4/h5-14H,15H2,1-4H3,(H,26,27). The zero-order valence-corrected chi connectivity index (χ0v) is 18.5. The van der Waals surface area contributed by atoms with Gasteiger partial charge in [0, 0.05) is 12.6 Å². The number of oxazole rings is 1. The fraction of sp³-hybridized carbons (Fsp3) is 0.240. The average molecular weight is 431 g/mol. The number of nitro benzene ring substituents is 1. The topological polar surface area (TPSA) is 90.4 Å². The van der Waals surface area contributed by atoms with Crippen LogP contribution in [0.25, 0.3) is 11.1 Å². The van der Waals surface area contributed by atoms with E-state index in [0.717, 1.165) is 16.6 Å². The van der Waals surface area contributed by atoms with E-state index < -0.39 is 4.92 Å². The van der Waals surface area contributed by atoms with Crippen molar-refractivity contribution in [3.63, 3.8) is 0 Å². The van der Waals surface area contributed by atoms with Crippen molar-refractivity contribution < 1.29 is 14.1 Å². The first-order valence-corrected chi connectivity index (χ1v) is 10.4. The molecule has 7 nitrogen and oxygen atoms in total. The Hall–Kier alpha value is -3.87. The molecule has 3 aromatic carbocycles. The van der Waals surface area contributed by atoms with Crippen LogP contribution in [-0.2, 0) is 12.0 Å². The van der Waals surface area contributed by atoms with E-state index in [1.54, 1.807) is 12.1 Å². The largest absolute Gasteiger partial charge is 0.450 e. The lowest BCUT2D eigenvalue weighted by molar-refractivity contribution is -0.385. The summed E-state index contributed by atoms with van der Waals surface area (Å²) in [4.78, 5) is 15.6. The Labute approximate surface area is 186 Å². The minimum Gasteiger partial charge on any atom is -0.450 e. The van der Waals surface area contributed by atoms with Crippen LogP contribution in [0.2, 0.25) is 0 Å². The van der Waals surface area contributed by atoms with E-state index in [-0.39, 0.29) is 16.9 Å². The highest BCUT2D eigenvalue weighted by atomic mass is 16.6. The predicted octanol–water partition coefficient (Wildman–Crippen LogP) is 6.75. The zero-order chi connectivity index (χ0) is 22.9. The minimum absolute atomic E-state index is 0.0205. The first-order valence-electron chi connectivity index (χ1n) is 10.4. The third kappa shape index (κ3) is 4.72. The third-order valence-electron chi connectivity index (χ3n) is 5.16. The second kappa shape index (κ2) is 8.34. The molecule has 0 aliphatic carbocycles. The summed E-state index contributed by atoms with van der Waals surface area (Å²) in [5, 5.41) is 14.7. The molecule has 32 heavy (non-hydrogen) atoms. The summed E-state index contributed by atoms with van der Waals surface area (Å²) in [7, 11) is 0. The number of nitrogens with zero attached hydrogens (tertiary/aromatic N) is 2. The lowest BCUT2D eigenvalue weighted by atomic mass is 9.87. The van der Waals surface area contributed by atoms with Crippen LogP contribution in [0.1, 0.15) is 37.5 Å². The SMILES string of the molecule is Cc1ccc2nc(NCc3ccc(Oc4ccc(C(C)(C)C)cc4)c([N+](=O)[O-])c3)oc2c1. The van der Waals surface area contributed by atoms with Crippen LogP contribution in [0.3, 0.4) is 0 Å². The maximum absolute atomic E-state index is 11.6.